The number of aryl methyl sites for hydroxylation is 6. The highest BCUT2D eigenvalue weighted by atomic mass is 19.1. The summed E-state index contributed by atoms with van der Waals surface area (Å²) in [4.78, 5) is 4.39. The van der Waals surface area contributed by atoms with Crippen molar-refractivity contribution in [2.45, 2.75) is 41.5 Å². The second kappa shape index (κ2) is 35.6. The molecule has 7 heteroatoms. The fourth-order valence-electron chi connectivity index (χ4n) is 22.6. The van der Waals surface area contributed by atoms with E-state index in [0.717, 1.165) is 135 Å². The highest BCUT2D eigenvalue weighted by Gasteiger charge is 2.35. The molecule has 23 aromatic rings. The largest absolute Gasteiger partial charge is 0.456 e. The molecule has 25 rings (SSSR count). The van der Waals surface area contributed by atoms with E-state index in [9.17, 15) is 0 Å². The van der Waals surface area contributed by atoms with E-state index in [0.29, 0.717) is 5.69 Å². The van der Waals surface area contributed by atoms with E-state index in [1.54, 1.807) is 6.07 Å². The summed E-state index contributed by atoms with van der Waals surface area (Å²) in [6, 6.07) is 166. The first-order chi connectivity index (χ1) is 68.3. The third-order valence-electron chi connectivity index (χ3n) is 28.6. The molecule has 2 heterocycles. The quantitative estimate of drug-likeness (QED) is 0.0670. The van der Waals surface area contributed by atoms with Crippen molar-refractivity contribution in [3.8, 4) is 101 Å². The first kappa shape index (κ1) is 84.8. The van der Waals surface area contributed by atoms with E-state index < -0.39 is 0 Å². The van der Waals surface area contributed by atoms with Gasteiger partial charge in [0, 0.05) is 55.8 Å². The van der Waals surface area contributed by atoms with E-state index in [2.05, 4.69) is 452 Å². The van der Waals surface area contributed by atoms with Gasteiger partial charge in [0.25, 0.3) is 0 Å². The summed E-state index contributed by atoms with van der Waals surface area (Å²) < 4.78 is 31.6. The van der Waals surface area contributed by atoms with Gasteiger partial charge in [-0.05, 0) is 266 Å². The van der Waals surface area contributed by atoms with Crippen LogP contribution in [0, 0.1) is 47.4 Å². The molecule has 0 N–H and O–H groups in total. The van der Waals surface area contributed by atoms with Crippen LogP contribution in [-0.2, 0) is 0 Å². The van der Waals surface area contributed by atoms with Crippen molar-refractivity contribution in [1.29, 1.82) is 0 Å². The van der Waals surface area contributed by atoms with Gasteiger partial charge in [-0.3, -0.25) is 0 Å². The SMILES string of the molecule is Cc1cc(C)c(B(c2c(C)cc(C)cc2C)c2cc3c4cccc5c4c(cc3c3ccccc23)-c2ccc(-c3ccc(N(c4ccccc4-c4ccccc4)c4c(F)cc(-c6ccccc6)cc4-c4ccccc4)cc3)cc2O5)c(C)c1.c1ccc(B(c2ccccc2)c2cc3c4cccc5c4c(cc3c3ccccc23)-c2ccc(-c3ccc(N(c4ccccc4)c4ccccc4)cc3)cc2O5)cc1. The van der Waals surface area contributed by atoms with Crippen LogP contribution in [0.1, 0.15) is 33.4 Å². The first-order valence-electron chi connectivity index (χ1n) is 48.1. The van der Waals surface area contributed by atoms with E-state index in [4.69, 9.17) is 9.47 Å². The minimum atomic E-state index is -0.320. The van der Waals surface area contributed by atoms with Gasteiger partial charge in [-0.25, -0.2) is 4.39 Å². The predicted molar refractivity (Wildman–Crippen MR) is 589 cm³/mol. The minimum absolute atomic E-state index is 0.0124. The van der Waals surface area contributed by atoms with Crippen molar-refractivity contribution in [3.05, 3.63) is 506 Å². The third kappa shape index (κ3) is 15.3. The van der Waals surface area contributed by atoms with Crippen LogP contribution in [0.15, 0.2) is 467 Å². The number of anilines is 6. The van der Waals surface area contributed by atoms with Crippen molar-refractivity contribution in [1.82, 2.24) is 0 Å². The fraction of sp³-hybridized carbons (Fsp3) is 0.0455. The number of hydrogen-bond donors (Lipinski definition) is 0. The summed E-state index contributed by atoms with van der Waals surface area (Å²) in [6.45, 7) is 13.7. The number of halogens is 1. The molecule has 0 fully saturated rings. The molecule has 0 aromatic heterocycles. The monoisotopic (exact) mass is 1780 g/mol. The maximum absolute atomic E-state index is 17.7. The molecule has 2 aliphatic heterocycles. The average Bonchev–Trinajstić information content (AvgIpc) is 0.716. The van der Waals surface area contributed by atoms with Crippen LogP contribution in [-0.4, -0.2) is 13.4 Å². The van der Waals surface area contributed by atoms with Gasteiger partial charge < -0.3 is 19.3 Å². The minimum Gasteiger partial charge on any atom is -0.456 e. The normalized spacial score (nSPS) is 11.7. The summed E-state index contributed by atoms with van der Waals surface area (Å²) >= 11 is 0. The number of fused-ring (bicyclic) bond motifs is 12. The van der Waals surface area contributed by atoms with Crippen molar-refractivity contribution in [2.75, 3.05) is 9.80 Å². The molecule has 2 aliphatic rings. The number of hydrogen-bond acceptors (Lipinski definition) is 4. The van der Waals surface area contributed by atoms with Crippen LogP contribution < -0.4 is 52.1 Å². The summed E-state index contributed by atoms with van der Waals surface area (Å²) in [5, 5.41) is 14.6. The molecule has 0 bridgehead atoms. The summed E-state index contributed by atoms with van der Waals surface area (Å²) in [5.41, 5.74) is 35.6. The highest BCUT2D eigenvalue weighted by molar-refractivity contribution is 6.98. The molecular weight excluding hydrogens is 1690 g/mol. The lowest BCUT2D eigenvalue weighted by Gasteiger charge is -2.31. The Labute approximate surface area is 811 Å². The Balaban J connectivity index is 0.000000161. The Bertz CT molecular complexity index is 8560. The topological polar surface area (TPSA) is 24.9 Å². The Hall–Kier alpha value is -17.1. The molecule has 0 amide bonds. The van der Waals surface area contributed by atoms with Gasteiger partial charge >= 0.3 is 0 Å². The van der Waals surface area contributed by atoms with Gasteiger partial charge in [0.15, 0.2) is 0 Å². The second-order valence-corrected chi connectivity index (χ2v) is 37.3. The molecule has 0 saturated carbocycles. The van der Waals surface area contributed by atoms with Gasteiger partial charge in [-0.2, -0.15) is 0 Å². The Morgan fingerprint density at radius 1 is 0.209 bits per heavy atom. The lowest BCUT2D eigenvalue weighted by molar-refractivity contribution is 0.487. The zero-order valence-electron chi connectivity index (χ0n) is 78.2. The van der Waals surface area contributed by atoms with Crippen molar-refractivity contribution in [3.63, 3.8) is 0 Å². The zero-order chi connectivity index (χ0) is 93.5. The predicted octanol–water partition coefficient (Wildman–Crippen LogP) is 32.1. The number of rotatable bonds is 17. The zero-order valence-corrected chi connectivity index (χ0v) is 78.2. The second-order valence-electron chi connectivity index (χ2n) is 37.3. The lowest BCUT2D eigenvalue weighted by Crippen LogP contribution is -2.56. The molecule has 0 aliphatic carbocycles. The summed E-state index contributed by atoms with van der Waals surface area (Å²) in [6.07, 6.45) is 0. The van der Waals surface area contributed by atoms with E-state index in [-0.39, 0.29) is 19.2 Å². The van der Waals surface area contributed by atoms with Crippen molar-refractivity contribution < 1.29 is 13.9 Å². The van der Waals surface area contributed by atoms with Crippen LogP contribution in [0.25, 0.3) is 143 Å². The molecule has 0 radical (unpaired) electrons. The molecule has 658 valence electrons. The van der Waals surface area contributed by atoms with E-state index in [1.807, 2.05) is 60.7 Å². The Kier molecular flexibility index (Phi) is 21.7. The Morgan fingerprint density at radius 2 is 0.554 bits per heavy atom. The van der Waals surface area contributed by atoms with E-state index >= 15 is 4.39 Å². The van der Waals surface area contributed by atoms with Gasteiger partial charge in [0.2, 0.25) is 13.4 Å². The molecule has 0 atom stereocenters. The standard InChI is InChI=1S/C78H59BFNO.C54H36BNO/c1-48-39-50(3)76(51(4)40-48)79(77-52(5)41-49(2)42-53(77)6)70-47-68-65-30-20-32-73-75(65)69(46-67(68)62-28-16-17-29-63(62)70)64-38-35-58(45-74(64)82-73)55-33-36-60(37-34-55)81(72-31-19-18-27-61(72)56-23-12-8-13-24-56)78-66(57-25-14-9-15-26-57)43-59(44-71(78)80)54-21-10-7-11-22-54;1-5-16-39(17-6-1)55(40-18-7-2-8-19-40)51-36-49-47-26-15-27-52-54(47)50(35-48(49)44-24-13-14-25-45(44)51)46-33-30-38(34-53(46)57-52)37-28-31-43(32-29-37)56(41-20-9-3-10-21-41)42-22-11-4-12-23-42/h7-47H,1-6H3;1-36H. The molecule has 23 aromatic carbocycles. The Morgan fingerprint density at radius 3 is 1.01 bits per heavy atom. The summed E-state index contributed by atoms with van der Waals surface area (Å²) in [7, 11) is 0. The number of para-hydroxylation sites is 3. The van der Waals surface area contributed by atoms with Crippen LogP contribution >= 0.6 is 0 Å². The first-order valence-corrected chi connectivity index (χ1v) is 48.1. The van der Waals surface area contributed by atoms with Gasteiger partial charge in [-0.15, -0.1) is 0 Å². The van der Waals surface area contributed by atoms with E-state index in [1.165, 1.54) is 126 Å². The van der Waals surface area contributed by atoms with Crippen molar-refractivity contribution in [2.24, 2.45) is 0 Å². The molecule has 4 nitrogen and oxygen atoms in total. The maximum Gasteiger partial charge on any atom is 0.243 e. The smallest absolute Gasteiger partial charge is 0.243 e. The molecule has 0 saturated heterocycles. The fourth-order valence-corrected chi connectivity index (χ4v) is 22.6. The van der Waals surface area contributed by atoms with Crippen LogP contribution in [0.4, 0.5) is 38.5 Å². The van der Waals surface area contributed by atoms with Crippen LogP contribution in [0.3, 0.4) is 0 Å². The molecule has 0 spiro atoms. The molecule has 0 unspecified atom stereocenters. The molecular formula is C132H95B2FN2O2. The van der Waals surface area contributed by atoms with Gasteiger partial charge in [-0.1, -0.05) is 418 Å². The van der Waals surface area contributed by atoms with Crippen LogP contribution in [0.5, 0.6) is 23.0 Å². The highest BCUT2D eigenvalue weighted by Crippen LogP contribution is 2.55. The number of nitrogens with zero attached hydrogens (tertiary/aromatic N) is 2. The molecule has 139 heavy (non-hydrogen) atoms. The van der Waals surface area contributed by atoms with Crippen molar-refractivity contribution >= 4 is 145 Å². The number of benzene rings is 23. The van der Waals surface area contributed by atoms with Crippen LogP contribution in [0.2, 0.25) is 0 Å². The third-order valence-corrected chi connectivity index (χ3v) is 28.6. The average molecular weight is 1780 g/mol. The lowest BCUT2D eigenvalue weighted by atomic mass is 9.33. The van der Waals surface area contributed by atoms with Gasteiger partial charge in [0.05, 0.1) is 11.4 Å². The number of ether oxygens (including phenoxy) is 2. The van der Waals surface area contributed by atoms with Gasteiger partial charge in [0.1, 0.15) is 28.8 Å². The summed E-state index contributed by atoms with van der Waals surface area (Å²) in [5.74, 6) is 3.10. The maximum atomic E-state index is 17.7.